The van der Waals surface area contributed by atoms with Crippen molar-refractivity contribution in [2.75, 3.05) is 51.9 Å². The zero-order chi connectivity index (χ0) is 22.1. The number of rotatable bonds is 8. The highest BCUT2D eigenvalue weighted by molar-refractivity contribution is 7.80. The van der Waals surface area contributed by atoms with Crippen molar-refractivity contribution >= 4 is 29.0 Å². The molecular formula is C23H29N3O4S. The first-order chi connectivity index (χ1) is 15.1. The molecule has 0 radical (unpaired) electrons. The van der Waals surface area contributed by atoms with Crippen LogP contribution in [0.4, 0.5) is 5.69 Å². The lowest BCUT2D eigenvalue weighted by Gasteiger charge is -2.35. The van der Waals surface area contributed by atoms with Gasteiger partial charge in [-0.2, -0.15) is 0 Å². The molecule has 8 heteroatoms. The first kappa shape index (κ1) is 23.0. The van der Waals surface area contributed by atoms with E-state index in [1.54, 1.807) is 26.2 Å². The summed E-state index contributed by atoms with van der Waals surface area (Å²) >= 11 is 5.49. The maximum Gasteiger partial charge on any atom is 0.338 e. The number of anilines is 1. The van der Waals surface area contributed by atoms with Gasteiger partial charge in [0.15, 0.2) is 5.11 Å². The molecule has 0 saturated carbocycles. The van der Waals surface area contributed by atoms with Crippen LogP contribution in [0.3, 0.4) is 0 Å². The maximum atomic E-state index is 11.8. The monoisotopic (exact) mass is 443 g/mol. The zero-order valence-electron chi connectivity index (χ0n) is 17.9. The van der Waals surface area contributed by atoms with Crippen LogP contribution in [0.25, 0.3) is 0 Å². The van der Waals surface area contributed by atoms with Crippen LogP contribution in [0.2, 0.25) is 0 Å². The number of carbonyl (C=O) groups is 1. The van der Waals surface area contributed by atoms with Crippen molar-refractivity contribution in [3.63, 3.8) is 0 Å². The van der Waals surface area contributed by atoms with Crippen LogP contribution in [0.15, 0.2) is 48.5 Å². The molecule has 2 aromatic carbocycles. The number of nitrogens with one attached hydrogen (secondary N) is 2. The summed E-state index contributed by atoms with van der Waals surface area (Å²) in [7, 11) is 1.67. The highest BCUT2D eigenvalue weighted by Crippen LogP contribution is 2.23. The molecule has 0 aliphatic carbocycles. The van der Waals surface area contributed by atoms with Gasteiger partial charge in [-0.3, -0.25) is 4.90 Å². The number of hydrogen-bond acceptors (Lipinski definition) is 6. The zero-order valence-corrected chi connectivity index (χ0v) is 18.7. The number of benzene rings is 2. The molecule has 2 aromatic rings. The van der Waals surface area contributed by atoms with Gasteiger partial charge in [0.1, 0.15) is 5.75 Å². The van der Waals surface area contributed by atoms with Gasteiger partial charge >= 0.3 is 5.97 Å². The molecule has 7 nitrogen and oxygen atoms in total. The Kier molecular flexibility index (Phi) is 8.63. The molecular weight excluding hydrogens is 414 g/mol. The van der Waals surface area contributed by atoms with E-state index in [4.69, 9.17) is 26.4 Å². The Morgan fingerprint density at radius 1 is 1.13 bits per heavy atom. The van der Waals surface area contributed by atoms with E-state index in [0.717, 1.165) is 37.7 Å². The summed E-state index contributed by atoms with van der Waals surface area (Å²) in [5.74, 6) is 0.503. The van der Waals surface area contributed by atoms with Crippen LogP contribution < -0.4 is 15.4 Å². The molecule has 1 atom stereocenters. The fraction of sp³-hybridized carbons (Fsp3) is 0.391. The lowest BCUT2D eigenvalue weighted by molar-refractivity contribution is 0.0170. The maximum absolute atomic E-state index is 11.8. The van der Waals surface area contributed by atoms with Gasteiger partial charge in [-0.05, 0) is 61.1 Å². The average Bonchev–Trinajstić information content (AvgIpc) is 2.81. The van der Waals surface area contributed by atoms with Crippen molar-refractivity contribution in [1.82, 2.24) is 10.2 Å². The second-order valence-corrected chi connectivity index (χ2v) is 7.48. The Balaban J connectivity index is 1.60. The normalized spacial score (nSPS) is 15.0. The molecule has 31 heavy (non-hydrogen) atoms. The van der Waals surface area contributed by atoms with Gasteiger partial charge < -0.3 is 24.8 Å². The number of nitrogens with zero attached hydrogens (tertiary/aromatic N) is 1. The Morgan fingerprint density at radius 3 is 2.42 bits per heavy atom. The van der Waals surface area contributed by atoms with Crippen LogP contribution in [0, 0.1) is 0 Å². The topological polar surface area (TPSA) is 72.1 Å². The minimum absolute atomic E-state index is 0.153. The minimum atomic E-state index is -0.331. The second kappa shape index (κ2) is 11.6. The lowest BCUT2D eigenvalue weighted by atomic mass is 10.0. The quantitative estimate of drug-likeness (QED) is 0.476. The third kappa shape index (κ3) is 6.65. The number of thiocarbonyl (C=S) groups is 1. The van der Waals surface area contributed by atoms with Crippen molar-refractivity contribution in [2.24, 2.45) is 0 Å². The van der Waals surface area contributed by atoms with Crippen LogP contribution in [-0.4, -0.2) is 62.5 Å². The Morgan fingerprint density at radius 2 is 1.81 bits per heavy atom. The van der Waals surface area contributed by atoms with Crippen molar-refractivity contribution in [3.05, 3.63) is 59.7 Å². The molecule has 0 amide bonds. The molecule has 1 fully saturated rings. The van der Waals surface area contributed by atoms with Gasteiger partial charge in [-0.25, -0.2) is 4.79 Å². The summed E-state index contributed by atoms with van der Waals surface area (Å²) < 4.78 is 15.8. The van der Waals surface area contributed by atoms with Crippen molar-refractivity contribution < 1.29 is 19.0 Å². The highest BCUT2D eigenvalue weighted by Gasteiger charge is 2.23. The number of esters is 1. The largest absolute Gasteiger partial charge is 0.497 e. The second-order valence-electron chi connectivity index (χ2n) is 7.07. The molecule has 3 rings (SSSR count). The fourth-order valence-corrected chi connectivity index (χ4v) is 3.64. The average molecular weight is 444 g/mol. The lowest BCUT2D eigenvalue weighted by Crippen LogP contribution is -2.44. The molecule has 166 valence electrons. The van der Waals surface area contributed by atoms with Crippen LogP contribution in [-0.2, 0) is 9.47 Å². The number of carbonyl (C=O) groups excluding carboxylic acids is 1. The number of hydrogen-bond donors (Lipinski definition) is 2. The molecule has 0 spiro atoms. The first-order valence-corrected chi connectivity index (χ1v) is 10.8. The molecule has 1 aliphatic heterocycles. The summed E-state index contributed by atoms with van der Waals surface area (Å²) in [6.07, 6.45) is 0. The molecule has 1 heterocycles. The van der Waals surface area contributed by atoms with E-state index in [-0.39, 0.29) is 12.0 Å². The third-order valence-electron chi connectivity index (χ3n) is 5.10. The summed E-state index contributed by atoms with van der Waals surface area (Å²) in [5, 5.41) is 7.03. The highest BCUT2D eigenvalue weighted by atomic mass is 32.1. The van der Waals surface area contributed by atoms with Crippen LogP contribution in [0.5, 0.6) is 5.75 Å². The summed E-state index contributed by atoms with van der Waals surface area (Å²) in [5.41, 5.74) is 2.51. The number of methoxy groups -OCH3 is 1. The minimum Gasteiger partial charge on any atom is -0.497 e. The molecule has 1 saturated heterocycles. The predicted molar refractivity (Wildman–Crippen MR) is 125 cm³/mol. The van der Waals surface area contributed by atoms with Gasteiger partial charge in [0, 0.05) is 25.3 Å². The van der Waals surface area contributed by atoms with E-state index in [9.17, 15) is 4.79 Å². The molecule has 2 N–H and O–H groups in total. The van der Waals surface area contributed by atoms with Gasteiger partial charge in [-0.15, -0.1) is 0 Å². The predicted octanol–water partition coefficient (Wildman–Crippen LogP) is 3.23. The molecule has 1 aliphatic rings. The van der Waals surface area contributed by atoms with Crippen molar-refractivity contribution in [1.29, 1.82) is 0 Å². The van der Waals surface area contributed by atoms with Crippen molar-refractivity contribution in [2.45, 2.75) is 13.0 Å². The van der Waals surface area contributed by atoms with E-state index in [1.165, 1.54) is 5.56 Å². The fourth-order valence-electron chi connectivity index (χ4n) is 3.44. The molecule has 1 unspecified atom stereocenters. The van der Waals surface area contributed by atoms with Gasteiger partial charge in [0.05, 0.1) is 38.5 Å². The van der Waals surface area contributed by atoms with E-state index in [0.29, 0.717) is 23.8 Å². The van der Waals surface area contributed by atoms with E-state index in [2.05, 4.69) is 27.7 Å². The summed E-state index contributed by atoms with van der Waals surface area (Å²) in [6.45, 7) is 5.98. The van der Waals surface area contributed by atoms with Crippen molar-refractivity contribution in [3.8, 4) is 5.75 Å². The third-order valence-corrected chi connectivity index (χ3v) is 5.34. The molecule has 0 bridgehead atoms. The van der Waals surface area contributed by atoms with E-state index in [1.807, 2.05) is 24.3 Å². The SMILES string of the molecule is CCOC(=O)c1ccc(NC(=S)NCC(c2ccc(OC)cc2)N2CCOCC2)cc1. The van der Waals surface area contributed by atoms with Gasteiger partial charge in [0.2, 0.25) is 0 Å². The summed E-state index contributed by atoms with van der Waals surface area (Å²) in [4.78, 5) is 14.2. The Labute approximate surface area is 188 Å². The van der Waals surface area contributed by atoms with Gasteiger partial charge in [0.25, 0.3) is 0 Å². The Bertz CT molecular complexity index is 852. The number of ether oxygens (including phenoxy) is 3. The molecule has 0 aromatic heterocycles. The number of morpholine rings is 1. The Hall–Kier alpha value is -2.68. The smallest absolute Gasteiger partial charge is 0.338 e. The van der Waals surface area contributed by atoms with Gasteiger partial charge in [-0.1, -0.05) is 12.1 Å². The van der Waals surface area contributed by atoms with Crippen LogP contribution in [0.1, 0.15) is 28.9 Å². The van der Waals surface area contributed by atoms with Crippen LogP contribution >= 0.6 is 12.2 Å². The first-order valence-electron chi connectivity index (χ1n) is 10.4. The standard InChI is InChI=1S/C23H29N3O4S/c1-3-30-22(27)18-4-8-19(9-5-18)25-23(31)24-16-21(26-12-14-29-15-13-26)17-6-10-20(28-2)11-7-17/h4-11,21H,3,12-16H2,1-2H3,(H2,24,25,31). The van der Waals surface area contributed by atoms with E-state index >= 15 is 0 Å². The summed E-state index contributed by atoms with van der Waals surface area (Å²) in [6, 6.07) is 15.3. The van der Waals surface area contributed by atoms with E-state index < -0.39 is 0 Å².